The number of hydrogen-bond donors (Lipinski definition) is 1. The number of phenolic OH excluding ortho intramolecular Hbond substituents is 1. The van der Waals surface area contributed by atoms with Gasteiger partial charge in [-0.2, -0.15) is 0 Å². The van der Waals surface area contributed by atoms with Gasteiger partial charge in [-0.25, -0.2) is 4.98 Å². The van der Waals surface area contributed by atoms with Gasteiger partial charge >= 0.3 is 0 Å². The molecule has 3 rings (SSSR count). The van der Waals surface area contributed by atoms with Crippen molar-refractivity contribution in [2.45, 2.75) is 20.8 Å². The van der Waals surface area contributed by atoms with Crippen LogP contribution < -0.4 is 4.74 Å². The van der Waals surface area contributed by atoms with Crippen LogP contribution >= 0.6 is 11.3 Å². The molecule has 2 heterocycles. The summed E-state index contributed by atoms with van der Waals surface area (Å²) in [6.07, 6.45) is 0. The lowest BCUT2D eigenvalue weighted by Crippen LogP contribution is -1.90. The zero-order valence-electron chi connectivity index (χ0n) is 12.8. The monoisotopic (exact) mass is 316 g/mol. The summed E-state index contributed by atoms with van der Waals surface area (Å²) in [6.45, 7) is 5.73. The molecule has 5 nitrogen and oxygen atoms in total. The van der Waals surface area contributed by atoms with Crippen molar-refractivity contribution in [2.24, 2.45) is 0 Å². The van der Waals surface area contributed by atoms with E-state index in [0.717, 1.165) is 27.5 Å². The molecule has 22 heavy (non-hydrogen) atoms. The average Bonchev–Trinajstić information content (AvgIpc) is 3.06. The molecular formula is C16H16N2O3S. The smallest absolute Gasteiger partial charge is 0.180 e. The fourth-order valence-electron chi connectivity index (χ4n) is 2.41. The van der Waals surface area contributed by atoms with Crippen molar-refractivity contribution in [1.82, 2.24) is 10.1 Å². The fraction of sp³-hybridized carbons (Fsp3) is 0.250. The van der Waals surface area contributed by atoms with Gasteiger partial charge in [0.15, 0.2) is 5.76 Å². The highest BCUT2D eigenvalue weighted by Gasteiger charge is 2.22. The highest BCUT2D eigenvalue weighted by molar-refractivity contribution is 7.09. The molecule has 0 saturated carbocycles. The molecule has 0 aliphatic carbocycles. The summed E-state index contributed by atoms with van der Waals surface area (Å²) in [4.78, 5) is 4.50. The van der Waals surface area contributed by atoms with Gasteiger partial charge in [-0.3, -0.25) is 0 Å². The van der Waals surface area contributed by atoms with E-state index >= 15 is 0 Å². The minimum absolute atomic E-state index is 0.0896. The molecule has 0 aliphatic rings. The van der Waals surface area contributed by atoms with Gasteiger partial charge in [-0.05, 0) is 32.4 Å². The largest absolute Gasteiger partial charge is 0.507 e. The van der Waals surface area contributed by atoms with Gasteiger partial charge in [-0.1, -0.05) is 5.16 Å². The molecule has 3 aromatic rings. The molecule has 0 aliphatic heterocycles. The van der Waals surface area contributed by atoms with E-state index in [2.05, 4.69) is 10.1 Å². The molecule has 6 heteroatoms. The first-order valence-electron chi connectivity index (χ1n) is 6.78. The topological polar surface area (TPSA) is 68.4 Å². The molecule has 1 aromatic carbocycles. The Bertz CT molecular complexity index is 836. The summed E-state index contributed by atoms with van der Waals surface area (Å²) in [6, 6.07) is 3.41. The predicted octanol–water partition coefficient (Wildman–Crippen LogP) is 4.10. The lowest BCUT2D eigenvalue weighted by atomic mass is 10.0. The van der Waals surface area contributed by atoms with E-state index in [1.807, 2.05) is 32.2 Å². The molecule has 0 saturated heterocycles. The maximum absolute atomic E-state index is 10.3. The summed E-state index contributed by atoms with van der Waals surface area (Å²) in [5.41, 5.74) is 3.85. The average molecular weight is 316 g/mol. The number of aromatic hydroxyl groups is 1. The number of methoxy groups -OCH3 is 1. The van der Waals surface area contributed by atoms with E-state index in [0.29, 0.717) is 17.1 Å². The van der Waals surface area contributed by atoms with Crippen LogP contribution in [0.25, 0.3) is 22.6 Å². The third-order valence-corrected chi connectivity index (χ3v) is 4.27. The predicted molar refractivity (Wildman–Crippen MR) is 85.5 cm³/mol. The molecule has 0 fully saturated rings. The van der Waals surface area contributed by atoms with Crippen LogP contribution in [0, 0.1) is 20.8 Å². The zero-order chi connectivity index (χ0) is 15.9. The van der Waals surface area contributed by atoms with Crippen molar-refractivity contribution in [3.63, 3.8) is 0 Å². The molecule has 0 spiro atoms. The summed E-state index contributed by atoms with van der Waals surface area (Å²) in [7, 11) is 1.57. The van der Waals surface area contributed by atoms with Gasteiger partial charge < -0.3 is 14.4 Å². The lowest BCUT2D eigenvalue weighted by molar-refractivity contribution is 0.402. The van der Waals surface area contributed by atoms with Crippen LogP contribution in [0.1, 0.15) is 16.3 Å². The molecule has 0 atom stereocenters. The van der Waals surface area contributed by atoms with E-state index < -0.39 is 0 Å². The Morgan fingerprint density at radius 2 is 2.00 bits per heavy atom. The first-order valence-corrected chi connectivity index (χ1v) is 7.66. The molecular weight excluding hydrogens is 300 g/mol. The number of ether oxygens (including phenoxy) is 1. The standard InChI is InChI=1S/C16H16N2O3S/c1-8-5-11(13(19)6-14(8)20-4)16-15(9(2)18-21-16)12-7-22-10(3)17-12/h5-7,19H,1-4H3. The molecule has 114 valence electrons. The van der Waals surface area contributed by atoms with E-state index in [1.165, 1.54) is 0 Å². The Labute approximate surface area is 132 Å². The summed E-state index contributed by atoms with van der Waals surface area (Å²) in [5, 5.41) is 17.3. The highest BCUT2D eigenvalue weighted by Crippen LogP contribution is 2.41. The first-order chi connectivity index (χ1) is 10.5. The van der Waals surface area contributed by atoms with E-state index in [1.54, 1.807) is 24.5 Å². The third kappa shape index (κ3) is 2.35. The van der Waals surface area contributed by atoms with Crippen molar-refractivity contribution in [1.29, 1.82) is 0 Å². The van der Waals surface area contributed by atoms with Crippen LogP contribution in [-0.2, 0) is 0 Å². The SMILES string of the molecule is COc1cc(O)c(-c2onc(C)c2-c2csc(C)n2)cc1C. The lowest BCUT2D eigenvalue weighted by Gasteiger charge is -2.09. The second kappa shape index (κ2) is 5.46. The van der Waals surface area contributed by atoms with Crippen LogP contribution in [0.3, 0.4) is 0 Å². The minimum atomic E-state index is 0.0896. The fourth-order valence-corrected chi connectivity index (χ4v) is 3.02. The number of nitrogens with zero attached hydrogens (tertiary/aromatic N) is 2. The molecule has 0 amide bonds. The van der Waals surface area contributed by atoms with Crippen molar-refractivity contribution in [2.75, 3.05) is 7.11 Å². The third-order valence-electron chi connectivity index (χ3n) is 3.50. The maximum atomic E-state index is 10.3. The number of benzene rings is 1. The molecule has 1 N–H and O–H groups in total. The van der Waals surface area contributed by atoms with Crippen LogP contribution in [0.5, 0.6) is 11.5 Å². The normalized spacial score (nSPS) is 10.9. The summed E-state index contributed by atoms with van der Waals surface area (Å²) >= 11 is 1.57. The zero-order valence-corrected chi connectivity index (χ0v) is 13.6. The molecule has 0 radical (unpaired) electrons. The van der Waals surface area contributed by atoms with Gasteiger partial charge in [0, 0.05) is 11.4 Å². The number of phenols is 1. The van der Waals surface area contributed by atoms with Gasteiger partial charge in [0.25, 0.3) is 0 Å². The Morgan fingerprint density at radius 3 is 2.64 bits per heavy atom. The van der Waals surface area contributed by atoms with Crippen molar-refractivity contribution in [3.05, 3.63) is 33.8 Å². The van der Waals surface area contributed by atoms with Gasteiger partial charge in [0.05, 0.1) is 34.6 Å². The summed E-state index contributed by atoms with van der Waals surface area (Å²) < 4.78 is 10.7. The Balaban J connectivity index is 2.20. The van der Waals surface area contributed by atoms with Crippen molar-refractivity contribution >= 4 is 11.3 Å². The van der Waals surface area contributed by atoms with E-state index in [9.17, 15) is 5.11 Å². The second-order valence-electron chi connectivity index (χ2n) is 5.06. The Morgan fingerprint density at radius 1 is 1.23 bits per heavy atom. The van der Waals surface area contributed by atoms with Crippen LogP contribution in [0.15, 0.2) is 22.0 Å². The van der Waals surface area contributed by atoms with Crippen molar-refractivity contribution in [3.8, 4) is 34.1 Å². The van der Waals surface area contributed by atoms with E-state index in [4.69, 9.17) is 9.26 Å². The number of rotatable bonds is 3. The molecule has 0 bridgehead atoms. The van der Waals surface area contributed by atoms with Crippen LogP contribution in [-0.4, -0.2) is 22.4 Å². The second-order valence-corrected chi connectivity index (χ2v) is 6.13. The number of hydrogen-bond acceptors (Lipinski definition) is 6. The number of thiazole rings is 1. The minimum Gasteiger partial charge on any atom is -0.507 e. The quantitative estimate of drug-likeness (QED) is 0.787. The number of aromatic nitrogens is 2. The maximum Gasteiger partial charge on any atom is 0.180 e. The van der Waals surface area contributed by atoms with Crippen LogP contribution in [0.2, 0.25) is 0 Å². The molecule has 0 unspecified atom stereocenters. The van der Waals surface area contributed by atoms with Gasteiger partial charge in [-0.15, -0.1) is 11.3 Å². The van der Waals surface area contributed by atoms with Crippen molar-refractivity contribution < 1.29 is 14.4 Å². The van der Waals surface area contributed by atoms with Gasteiger partial charge in [0.1, 0.15) is 11.5 Å². The molecule has 2 aromatic heterocycles. The van der Waals surface area contributed by atoms with Gasteiger partial charge in [0.2, 0.25) is 0 Å². The Kier molecular flexibility index (Phi) is 3.62. The van der Waals surface area contributed by atoms with E-state index in [-0.39, 0.29) is 5.75 Å². The first kappa shape index (κ1) is 14.6. The Hall–Kier alpha value is -2.34. The van der Waals surface area contributed by atoms with Crippen LogP contribution in [0.4, 0.5) is 0 Å². The summed E-state index contributed by atoms with van der Waals surface area (Å²) in [5.74, 6) is 1.24. The number of aryl methyl sites for hydroxylation is 3. The highest BCUT2D eigenvalue weighted by atomic mass is 32.1.